The van der Waals surface area contributed by atoms with Gasteiger partial charge >= 0.3 is 0 Å². The number of amides is 1. The molecule has 0 spiro atoms. The van der Waals surface area contributed by atoms with Crippen LogP contribution in [0.25, 0.3) is 16.9 Å². The van der Waals surface area contributed by atoms with Crippen molar-refractivity contribution in [3.8, 4) is 16.9 Å². The second kappa shape index (κ2) is 6.24. The Morgan fingerprint density at radius 1 is 1.12 bits per heavy atom. The summed E-state index contributed by atoms with van der Waals surface area (Å²) in [6.07, 6.45) is 0.195. The lowest BCUT2D eigenvalue weighted by Crippen LogP contribution is -2.13. The van der Waals surface area contributed by atoms with E-state index in [9.17, 15) is 4.79 Å². The van der Waals surface area contributed by atoms with Gasteiger partial charge in [-0.2, -0.15) is 0 Å². The third-order valence-corrected chi connectivity index (χ3v) is 4.90. The summed E-state index contributed by atoms with van der Waals surface area (Å²) < 4.78 is 2.25. The maximum absolute atomic E-state index is 11.1. The van der Waals surface area contributed by atoms with E-state index in [0.29, 0.717) is 0 Å². The predicted octanol–water partition coefficient (Wildman–Crippen LogP) is 3.86. The smallest absolute Gasteiger partial charge is 0.224 e. The van der Waals surface area contributed by atoms with Crippen molar-refractivity contribution < 1.29 is 4.79 Å². The molecule has 2 aromatic heterocycles. The van der Waals surface area contributed by atoms with Gasteiger partial charge < -0.3 is 10.3 Å². The van der Waals surface area contributed by atoms with Crippen molar-refractivity contribution in [3.05, 3.63) is 57.2 Å². The molecule has 0 unspecified atom stereocenters. The van der Waals surface area contributed by atoms with Crippen LogP contribution in [0.15, 0.2) is 29.6 Å². The van der Waals surface area contributed by atoms with Crippen LogP contribution in [0.5, 0.6) is 0 Å². The van der Waals surface area contributed by atoms with E-state index >= 15 is 0 Å². The average molecular weight is 339 g/mol. The number of carbonyl (C=O) groups is 1. The molecule has 0 radical (unpaired) electrons. The van der Waals surface area contributed by atoms with Gasteiger partial charge in [0.1, 0.15) is 5.01 Å². The van der Waals surface area contributed by atoms with E-state index in [4.69, 9.17) is 5.73 Å². The van der Waals surface area contributed by atoms with Crippen molar-refractivity contribution in [3.63, 3.8) is 0 Å². The lowest BCUT2D eigenvalue weighted by atomic mass is 10.1. The molecule has 124 valence electrons. The van der Waals surface area contributed by atoms with Gasteiger partial charge in [-0.05, 0) is 57.0 Å². The summed E-state index contributed by atoms with van der Waals surface area (Å²) in [5.41, 5.74) is 13.2. The van der Waals surface area contributed by atoms with Crippen LogP contribution in [0.3, 0.4) is 0 Å². The molecular formula is C19H21N3OS. The van der Waals surface area contributed by atoms with E-state index in [1.165, 1.54) is 28.2 Å². The Balaban J connectivity index is 2.06. The van der Waals surface area contributed by atoms with Crippen LogP contribution >= 0.6 is 11.3 Å². The largest absolute Gasteiger partial charge is 0.369 e. The van der Waals surface area contributed by atoms with Gasteiger partial charge in [-0.1, -0.05) is 6.07 Å². The molecule has 1 amide bonds. The fourth-order valence-electron chi connectivity index (χ4n) is 3.16. The maximum Gasteiger partial charge on any atom is 0.224 e. The van der Waals surface area contributed by atoms with E-state index in [2.05, 4.69) is 61.5 Å². The maximum atomic E-state index is 11.1. The van der Waals surface area contributed by atoms with E-state index in [1.54, 1.807) is 0 Å². The summed E-state index contributed by atoms with van der Waals surface area (Å²) in [4.78, 5) is 15.6. The Hall–Kier alpha value is -2.40. The molecule has 0 saturated heterocycles. The number of carbonyl (C=O) groups excluding carboxylic acids is 1. The first-order valence-electron chi connectivity index (χ1n) is 7.86. The minimum absolute atomic E-state index is 0.195. The quantitative estimate of drug-likeness (QED) is 0.784. The zero-order valence-electron chi connectivity index (χ0n) is 14.4. The van der Waals surface area contributed by atoms with Crippen molar-refractivity contribution in [2.45, 2.75) is 34.1 Å². The monoisotopic (exact) mass is 339 g/mol. The number of benzene rings is 1. The molecule has 0 aliphatic heterocycles. The number of hydrogen-bond donors (Lipinski definition) is 1. The summed E-state index contributed by atoms with van der Waals surface area (Å²) >= 11 is 1.48. The molecule has 2 heterocycles. The van der Waals surface area contributed by atoms with Crippen LogP contribution in [0, 0.1) is 27.7 Å². The Labute approximate surface area is 146 Å². The molecule has 24 heavy (non-hydrogen) atoms. The molecule has 3 aromatic rings. The normalized spacial score (nSPS) is 11.0. The third-order valence-electron chi connectivity index (χ3n) is 4.05. The van der Waals surface area contributed by atoms with Crippen molar-refractivity contribution in [2.75, 3.05) is 0 Å². The highest BCUT2D eigenvalue weighted by Gasteiger charge is 2.15. The van der Waals surface area contributed by atoms with Gasteiger partial charge in [0, 0.05) is 28.0 Å². The van der Waals surface area contributed by atoms with Crippen molar-refractivity contribution >= 4 is 17.2 Å². The molecule has 2 N–H and O–H groups in total. The van der Waals surface area contributed by atoms with Crippen LogP contribution < -0.4 is 5.73 Å². The van der Waals surface area contributed by atoms with Gasteiger partial charge in [0.05, 0.1) is 12.1 Å². The second-order valence-electron chi connectivity index (χ2n) is 6.24. The van der Waals surface area contributed by atoms with Gasteiger partial charge in [0.25, 0.3) is 0 Å². The fourth-order valence-corrected chi connectivity index (χ4v) is 3.97. The number of aromatic nitrogens is 2. The lowest BCUT2D eigenvalue weighted by molar-refractivity contribution is -0.117. The Morgan fingerprint density at radius 3 is 2.42 bits per heavy atom. The topological polar surface area (TPSA) is 60.9 Å². The molecule has 1 aromatic carbocycles. The average Bonchev–Trinajstić information content (AvgIpc) is 3.01. The number of hydrogen-bond acceptors (Lipinski definition) is 3. The molecule has 0 saturated carbocycles. The van der Waals surface area contributed by atoms with Gasteiger partial charge in [-0.15, -0.1) is 11.3 Å². The summed E-state index contributed by atoms with van der Waals surface area (Å²) in [6, 6.07) is 8.71. The van der Waals surface area contributed by atoms with Crippen LogP contribution in [0.2, 0.25) is 0 Å². The van der Waals surface area contributed by atoms with Gasteiger partial charge in [0.2, 0.25) is 5.91 Å². The van der Waals surface area contributed by atoms with Gasteiger partial charge in [-0.3, -0.25) is 4.79 Å². The Morgan fingerprint density at radius 2 is 1.79 bits per heavy atom. The zero-order valence-corrected chi connectivity index (χ0v) is 15.2. The number of primary amides is 1. The predicted molar refractivity (Wildman–Crippen MR) is 98.7 cm³/mol. The molecule has 0 aliphatic carbocycles. The summed E-state index contributed by atoms with van der Waals surface area (Å²) in [5.74, 6) is -0.350. The van der Waals surface area contributed by atoms with Crippen LogP contribution in [0.4, 0.5) is 0 Å². The molecule has 0 aliphatic rings. The molecule has 0 bridgehead atoms. The van der Waals surface area contributed by atoms with Crippen molar-refractivity contribution in [1.82, 2.24) is 9.55 Å². The number of nitrogens with zero attached hydrogens (tertiary/aromatic N) is 2. The lowest BCUT2D eigenvalue weighted by Gasteiger charge is -2.12. The fraction of sp³-hybridized carbons (Fsp3) is 0.263. The first-order chi connectivity index (χ1) is 11.3. The minimum Gasteiger partial charge on any atom is -0.369 e. The summed E-state index contributed by atoms with van der Waals surface area (Å²) in [7, 11) is 0. The third kappa shape index (κ3) is 3.12. The highest BCUT2D eigenvalue weighted by molar-refractivity contribution is 7.10. The second-order valence-corrected chi connectivity index (χ2v) is 7.18. The number of nitrogens with two attached hydrogens (primary N) is 1. The van der Waals surface area contributed by atoms with Crippen LogP contribution in [-0.4, -0.2) is 15.5 Å². The standard InChI is InChI=1S/C19H21N3OS/c1-11-5-12(2)7-15(6-11)22-13(3)8-16(14(22)4)17-10-24-19(21-17)9-18(20)23/h5-8,10H,9H2,1-4H3,(H2,20,23). The SMILES string of the molecule is Cc1cc(C)cc(-n2c(C)cc(-c3csc(CC(N)=O)n3)c2C)c1. The van der Waals surface area contributed by atoms with E-state index in [1.807, 2.05) is 5.38 Å². The molecule has 0 fully saturated rings. The molecular weight excluding hydrogens is 318 g/mol. The molecule has 4 nitrogen and oxygen atoms in total. The zero-order chi connectivity index (χ0) is 17.4. The van der Waals surface area contributed by atoms with Crippen LogP contribution in [-0.2, 0) is 11.2 Å². The van der Waals surface area contributed by atoms with E-state index < -0.39 is 0 Å². The minimum atomic E-state index is -0.350. The molecule has 5 heteroatoms. The summed E-state index contributed by atoms with van der Waals surface area (Å²) in [5, 5.41) is 2.75. The van der Waals surface area contributed by atoms with E-state index in [-0.39, 0.29) is 12.3 Å². The van der Waals surface area contributed by atoms with Crippen molar-refractivity contribution in [1.29, 1.82) is 0 Å². The number of thiazole rings is 1. The highest BCUT2D eigenvalue weighted by atomic mass is 32.1. The number of aryl methyl sites for hydroxylation is 3. The first-order valence-corrected chi connectivity index (χ1v) is 8.74. The molecule has 3 rings (SSSR count). The Kier molecular flexibility index (Phi) is 4.28. The van der Waals surface area contributed by atoms with Crippen LogP contribution in [0.1, 0.15) is 27.5 Å². The highest BCUT2D eigenvalue weighted by Crippen LogP contribution is 2.31. The molecule has 0 atom stereocenters. The van der Waals surface area contributed by atoms with Crippen molar-refractivity contribution in [2.24, 2.45) is 5.73 Å². The van der Waals surface area contributed by atoms with Gasteiger partial charge in [-0.25, -0.2) is 4.98 Å². The number of rotatable bonds is 4. The Bertz CT molecular complexity index is 901. The van der Waals surface area contributed by atoms with E-state index in [0.717, 1.165) is 27.7 Å². The first kappa shape index (κ1) is 16.5. The summed E-state index contributed by atoms with van der Waals surface area (Å²) in [6.45, 7) is 8.43. The van der Waals surface area contributed by atoms with Gasteiger partial charge in [0.15, 0.2) is 0 Å².